The maximum Gasteiger partial charge on any atom is 0.245 e. The normalized spacial score (nSPS) is 20.8. The molecular formula is C8H8N2OS. The monoisotopic (exact) mass is 180 g/mol. The molecule has 0 saturated heterocycles. The summed E-state index contributed by atoms with van der Waals surface area (Å²) in [5.74, 6) is 0. The van der Waals surface area contributed by atoms with Crippen LogP contribution < -0.4 is 10.6 Å². The zero-order valence-electron chi connectivity index (χ0n) is 6.60. The predicted octanol–water partition coefficient (Wildman–Crippen LogP) is -0.432. The third-order valence-electron chi connectivity index (χ3n) is 1.68. The topological polar surface area (TPSA) is 32.7 Å². The average Bonchev–Trinajstić information content (AvgIpc) is 2.07. The van der Waals surface area contributed by atoms with Crippen LogP contribution >= 0.6 is 0 Å². The van der Waals surface area contributed by atoms with Gasteiger partial charge < -0.3 is 0 Å². The second-order valence-electron chi connectivity index (χ2n) is 2.56. The lowest BCUT2D eigenvalue weighted by atomic mass is 10.3. The largest absolute Gasteiger partial charge is 0.282 e. The number of hydrogen-bond donors (Lipinski definition) is 0. The highest BCUT2D eigenvalue weighted by molar-refractivity contribution is 7.81. The van der Waals surface area contributed by atoms with Gasteiger partial charge in [0.1, 0.15) is 0 Å². The van der Waals surface area contributed by atoms with Gasteiger partial charge in [-0.05, 0) is 6.07 Å². The van der Waals surface area contributed by atoms with E-state index in [0.29, 0.717) is 0 Å². The van der Waals surface area contributed by atoms with Gasteiger partial charge in [-0.2, -0.15) is 4.40 Å². The average molecular weight is 180 g/mol. The zero-order chi connectivity index (χ0) is 8.55. The van der Waals surface area contributed by atoms with Crippen LogP contribution in [0.1, 0.15) is 0 Å². The van der Waals surface area contributed by atoms with E-state index in [-0.39, 0.29) is 0 Å². The first-order chi connectivity index (χ1) is 5.77. The molecule has 0 aliphatic carbocycles. The van der Waals surface area contributed by atoms with Crippen molar-refractivity contribution in [1.82, 2.24) is 4.31 Å². The van der Waals surface area contributed by atoms with Crippen LogP contribution in [0.15, 0.2) is 28.7 Å². The van der Waals surface area contributed by atoms with Crippen molar-refractivity contribution in [2.75, 3.05) is 7.05 Å². The lowest BCUT2D eigenvalue weighted by Crippen LogP contribution is -2.34. The van der Waals surface area contributed by atoms with E-state index in [2.05, 4.69) is 4.40 Å². The molecule has 0 spiro atoms. The van der Waals surface area contributed by atoms with Crippen molar-refractivity contribution in [3.05, 3.63) is 34.8 Å². The first-order valence-corrected chi connectivity index (χ1v) is 4.64. The molecule has 3 nitrogen and oxygen atoms in total. The molecule has 0 amide bonds. The zero-order valence-corrected chi connectivity index (χ0v) is 7.41. The Labute approximate surface area is 72.8 Å². The second kappa shape index (κ2) is 2.71. The highest BCUT2D eigenvalue weighted by Gasteiger charge is 2.05. The van der Waals surface area contributed by atoms with Gasteiger partial charge in [0.2, 0.25) is 11.2 Å². The molecule has 1 aromatic rings. The quantitative estimate of drug-likeness (QED) is 0.533. The first-order valence-electron chi connectivity index (χ1n) is 3.58. The van der Waals surface area contributed by atoms with Gasteiger partial charge in [-0.3, -0.25) is 4.31 Å². The number of hydrogen-bond acceptors (Lipinski definition) is 1. The molecule has 1 aliphatic heterocycles. The molecule has 0 N–H and O–H groups in total. The third kappa shape index (κ3) is 1.14. The van der Waals surface area contributed by atoms with Crippen LogP contribution in [0.3, 0.4) is 0 Å². The standard InChI is InChI=1S/C8H8N2OS/c1-10-6-7-4-2-3-5-8(7)9-12(10)11/h2-6H,1H3. The van der Waals surface area contributed by atoms with Crippen molar-refractivity contribution >= 4 is 17.4 Å². The van der Waals surface area contributed by atoms with Crippen molar-refractivity contribution < 1.29 is 4.21 Å². The maximum absolute atomic E-state index is 11.2. The van der Waals surface area contributed by atoms with E-state index < -0.39 is 11.2 Å². The van der Waals surface area contributed by atoms with Gasteiger partial charge in [-0.15, -0.1) is 0 Å². The molecule has 0 saturated carbocycles. The lowest BCUT2D eigenvalue weighted by molar-refractivity contribution is 0.641. The number of benzene rings is 1. The predicted molar refractivity (Wildman–Crippen MR) is 47.6 cm³/mol. The highest BCUT2D eigenvalue weighted by atomic mass is 32.2. The smallest absolute Gasteiger partial charge is 0.245 e. The molecule has 0 aromatic heterocycles. The Morgan fingerprint density at radius 3 is 3.00 bits per heavy atom. The van der Waals surface area contributed by atoms with Crippen molar-refractivity contribution in [3.63, 3.8) is 0 Å². The van der Waals surface area contributed by atoms with Crippen LogP contribution in [-0.2, 0) is 11.2 Å². The Morgan fingerprint density at radius 1 is 1.42 bits per heavy atom. The van der Waals surface area contributed by atoms with Gasteiger partial charge in [-0.1, -0.05) is 18.2 Å². The van der Waals surface area contributed by atoms with Gasteiger partial charge in [0, 0.05) is 18.5 Å². The Hall–Kier alpha value is -1.16. The van der Waals surface area contributed by atoms with Crippen molar-refractivity contribution in [1.29, 1.82) is 0 Å². The molecule has 0 radical (unpaired) electrons. The van der Waals surface area contributed by atoms with Gasteiger partial charge in [-0.25, -0.2) is 4.21 Å². The van der Waals surface area contributed by atoms with Crippen molar-refractivity contribution in [2.45, 2.75) is 0 Å². The van der Waals surface area contributed by atoms with Crippen LogP contribution in [0, 0.1) is 0 Å². The molecule has 1 unspecified atom stereocenters. The Morgan fingerprint density at radius 2 is 2.17 bits per heavy atom. The minimum absolute atomic E-state index is 0.800. The SMILES string of the molecule is CN1C=c2ccccc2=NS1=O. The van der Waals surface area contributed by atoms with Crippen molar-refractivity contribution in [3.8, 4) is 0 Å². The number of fused-ring (bicyclic) bond motifs is 1. The number of nitrogens with zero attached hydrogens (tertiary/aromatic N) is 2. The Kier molecular flexibility index (Phi) is 1.69. The summed E-state index contributed by atoms with van der Waals surface area (Å²) in [6.45, 7) is 0. The highest BCUT2D eigenvalue weighted by Crippen LogP contribution is 1.94. The van der Waals surface area contributed by atoms with E-state index in [9.17, 15) is 4.21 Å². The molecule has 12 heavy (non-hydrogen) atoms. The van der Waals surface area contributed by atoms with E-state index in [1.807, 2.05) is 30.5 Å². The third-order valence-corrected chi connectivity index (χ3v) is 2.63. The molecule has 2 rings (SSSR count). The molecule has 1 aromatic carbocycles. The fourth-order valence-electron chi connectivity index (χ4n) is 1.07. The molecule has 1 heterocycles. The first kappa shape index (κ1) is 7.49. The van der Waals surface area contributed by atoms with Crippen LogP contribution in [0.5, 0.6) is 0 Å². The molecule has 4 heteroatoms. The van der Waals surface area contributed by atoms with Gasteiger partial charge in [0.05, 0.1) is 5.36 Å². The van der Waals surface area contributed by atoms with Gasteiger partial charge in [0.25, 0.3) is 0 Å². The molecule has 1 aliphatic rings. The second-order valence-corrected chi connectivity index (χ2v) is 3.78. The van der Waals surface area contributed by atoms with Gasteiger partial charge in [0.15, 0.2) is 0 Å². The molecule has 0 bridgehead atoms. The van der Waals surface area contributed by atoms with Gasteiger partial charge >= 0.3 is 0 Å². The van der Waals surface area contributed by atoms with Crippen LogP contribution in [0.2, 0.25) is 0 Å². The van der Waals surface area contributed by atoms with Crippen molar-refractivity contribution in [2.24, 2.45) is 4.40 Å². The maximum atomic E-state index is 11.2. The Balaban J connectivity index is 2.79. The summed E-state index contributed by atoms with van der Waals surface area (Å²) in [4.78, 5) is 0. The van der Waals surface area contributed by atoms with E-state index in [1.54, 1.807) is 11.4 Å². The summed E-state index contributed by atoms with van der Waals surface area (Å²) in [5.41, 5.74) is 0. The molecular weight excluding hydrogens is 172 g/mol. The lowest BCUT2D eigenvalue weighted by Gasteiger charge is -2.11. The summed E-state index contributed by atoms with van der Waals surface area (Å²) in [5, 5.41) is 1.81. The summed E-state index contributed by atoms with van der Waals surface area (Å²) in [6.07, 6.45) is 1.83. The van der Waals surface area contributed by atoms with E-state index in [1.165, 1.54) is 0 Å². The van der Waals surface area contributed by atoms with E-state index in [0.717, 1.165) is 10.6 Å². The van der Waals surface area contributed by atoms with E-state index >= 15 is 0 Å². The Bertz CT molecular complexity index is 441. The summed E-state index contributed by atoms with van der Waals surface area (Å²) in [7, 11) is 1.75. The fourth-order valence-corrected chi connectivity index (χ4v) is 1.74. The molecule has 1 atom stereocenters. The molecule has 62 valence electrons. The summed E-state index contributed by atoms with van der Waals surface area (Å²) in [6, 6.07) is 7.63. The van der Waals surface area contributed by atoms with Crippen LogP contribution in [-0.4, -0.2) is 15.6 Å². The number of rotatable bonds is 0. The van der Waals surface area contributed by atoms with Crippen LogP contribution in [0.25, 0.3) is 6.20 Å². The van der Waals surface area contributed by atoms with E-state index in [4.69, 9.17) is 0 Å². The molecule has 0 fully saturated rings. The minimum atomic E-state index is -1.24. The fraction of sp³-hybridized carbons (Fsp3) is 0.125. The summed E-state index contributed by atoms with van der Waals surface area (Å²) < 4.78 is 16.8. The minimum Gasteiger partial charge on any atom is -0.282 e. The summed E-state index contributed by atoms with van der Waals surface area (Å²) >= 11 is -1.24. The van der Waals surface area contributed by atoms with Crippen LogP contribution in [0.4, 0.5) is 0 Å².